The molecule has 0 spiro atoms. The van der Waals surface area contributed by atoms with E-state index in [4.69, 9.17) is 16.3 Å². The Hall–Kier alpha value is -0.640. The van der Waals surface area contributed by atoms with E-state index >= 15 is 0 Å². The molecule has 2 unspecified atom stereocenters. The van der Waals surface area contributed by atoms with Crippen LogP contribution in [0.1, 0.15) is 39.3 Å². The minimum atomic E-state index is -0.290. The predicted octanol–water partition coefficient (Wildman–Crippen LogP) is 3.82. The molecule has 5 nitrogen and oxygen atoms in total. The average Bonchev–Trinajstić information content (AvgIpc) is 2.55. The molecule has 0 bridgehead atoms. The maximum atomic E-state index is 14.6. The van der Waals surface area contributed by atoms with Crippen LogP contribution in [0.4, 0.5) is 4.39 Å². The fourth-order valence-corrected chi connectivity index (χ4v) is 3.39. The van der Waals surface area contributed by atoms with Gasteiger partial charge in [-0.15, -0.1) is 24.0 Å². The SMILES string of the molecule is CN=C(NCC(c1c(F)cccc1Cl)N1CCOC(C)C1)NC(C)(C)C.I. The van der Waals surface area contributed by atoms with Gasteiger partial charge in [-0.3, -0.25) is 9.89 Å². The van der Waals surface area contributed by atoms with E-state index in [1.807, 2.05) is 6.92 Å². The van der Waals surface area contributed by atoms with Crippen LogP contribution in [0, 0.1) is 5.82 Å². The van der Waals surface area contributed by atoms with Crippen molar-refractivity contribution in [3.05, 3.63) is 34.6 Å². The van der Waals surface area contributed by atoms with Gasteiger partial charge >= 0.3 is 0 Å². The number of guanidine groups is 1. The molecule has 1 aromatic rings. The summed E-state index contributed by atoms with van der Waals surface area (Å²) < 4.78 is 20.3. The van der Waals surface area contributed by atoms with Crippen LogP contribution < -0.4 is 10.6 Å². The minimum absolute atomic E-state index is 0. The largest absolute Gasteiger partial charge is 0.376 e. The number of hydrogen-bond donors (Lipinski definition) is 2. The Morgan fingerprint density at radius 1 is 1.44 bits per heavy atom. The van der Waals surface area contributed by atoms with Crippen LogP contribution >= 0.6 is 35.6 Å². The third-order valence-electron chi connectivity index (χ3n) is 4.23. The molecule has 0 aliphatic carbocycles. The van der Waals surface area contributed by atoms with E-state index in [2.05, 4.69) is 41.3 Å². The molecule has 27 heavy (non-hydrogen) atoms. The second-order valence-electron chi connectivity index (χ2n) is 7.66. The molecular weight excluding hydrogens is 482 g/mol. The first kappa shape index (κ1) is 24.4. The van der Waals surface area contributed by atoms with Gasteiger partial charge in [0.1, 0.15) is 5.82 Å². The normalized spacial score (nSPS) is 20.0. The highest BCUT2D eigenvalue weighted by atomic mass is 127. The molecule has 0 saturated carbocycles. The number of morpholine rings is 1. The molecule has 1 aromatic carbocycles. The van der Waals surface area contributed by atoms with E-state index in [0.29, 0.717) is 29.7 Å². The molecule has 154 valence electrons. The third kappa shape index (κ3) is 7.36. The Labute approximate surface area is 184 Å². The van der Waals surface area contributed by atoms with E-state index in [1.165, 1.54) is 6.07 Å². The van der Waals surface area contributed by atoms with Gasteiger partial charge in [-0.05, 0) is 39.8 Å². The second kappa shape index (κ2) is 10.8. The molecule has 1 fully saturated rings. The number of benzene rings is 1. The fourth-order valence-electron chi connectivity index (χ4n) is 3.10. The highest BCUT2D eigenvalue weighted by Gasteiger charge is 2.29. The lowest BCUT2D eigenvalue weighted by atomic mass is 10.0. The van der Waals surface area contributed by atoms with E-state index in [0.717, 1.165) is 13.1 Å². The average molecular weight is 513 g/mol. The van der Waals surface area contributed by atoms with Crippen molar-refractivity contribution < 1.29 is 9.13 Å². The van der Waals surface area contributed by atoms with Gasteiger partial charge < -0.3 is 15.4 Å². The van der Waals surface area contributed by atoms with Crippen molar-refractivity contribution in [2.45, 2.75) is 45.4 Å². The van der Waals surface area contributed by atoms with Gasteiger partial charge in [0.15, 0.2) is 5.96 Å². The smallest absolute Gasteiger partial charge is 0.191 e. The summed E-state index contributed by atoms with van der Waals surface area (Å²) in [5.41, 5.74) is 0.391. The van der Waals surface area contributed by atoms with Crippen LogP contribution in [-0.2, 0) is 4.74 Å². The van der Waals surface area contributed by atoms with Crippen LogP contribution in [0.2, 0.25) is 5.02 Å². The highest BCUT2D eigenvalue weighted by Crippen LogP contribution is 2.31. The maximum absolute atomic E-state index is 14.6. The number of hydrogen-bond acceptors (Lipinski definition) is 3. The summed E-state index contributed by atoms with van der Waals surface area (Å²) in [6.07, 6.45) is 0.101. The van der Waals surface area contributed by atoms with Gasteiger partial charge in [0.25, 0.3) is 0 Å². The van der Waals surface area contributed by atoms with Crippen LogP contribution in [0.3, 0.4) is 0 Å². The molecule has 0 aromatic heterocycles. The summed E-state index contributed by atoms with van der Waals surface area (Å²) >= 11 is 6.36. The predicted molar refractivity (Wildman–Crippen MR) is 121 cm³/mol. The molecule has 2 rings (SSSR count). The molecule has 1 saturated heterocycles. The third-order valence-corrected chi connectivity index (χ3v) is 4.56. The fraction of sp³-hybridized carbons (Fsp3) is 0.632. The van der Waals surface area contributed by atoms with Crippen LogP contribution in [0.15, 0.2) is 23.2 Å². The monoisotopic (exact) mass is 512 g/mol. The van der Waals surface area contributed by atoms with E-state index in [9.17, 15) is 4.39 Å². The van der Waals surface area contributed by atoms with Gasteiger partial charge in [-0.2, -0.15) is 0 Å². The van der Waals surface area contributed by atoms with Gasteiger partial charge in [0.05, 0.1) is 18.8 Å². The molecule has 0 amide bonds. The quantitative estimate of drug-likeness (QED) is 0.366. The van der Waals surface area contributed by atoms with Crippen molar-refractivity contribution in [3.63, 3.8) is 0 Å². The highest BCUT2D eigenvalue weighted by molar-refractivity contribution is 14.0. The number of rotatable bonds is 4. The molecule has 8 heteroatoms. The first-order valence-corrected chi connectivity index (χ1v) is 9.37. The molecule has 1 aliphatic heterocycles. The number of aliphatic imine (C=N–C) groups is 1. The lowest BCUT2D eigenvalue weighted by Gasteiger charge is -2.38. The zero-order valence-corrected chi connectivity index (χ0v) is 19.8. The van der Waals surface area contributed by atoms with Gasteiger partial charge in [-0.25, -0.2) is 4.39 Å². The first-order chi connectivity index (χ1) is 12.2. The second-order valence-corrected chi connectivity index (χ2v) is 8.06. The van der Waals surface area contributed by atoms with E-state index in [1.54, 1.807) is 19.2 Å². The van der Waals surface area contributed by atoms with E-state index in [-0.39, 0.29) is 47.5 Å². The van der Waals surface area contributed by atoms with E-state index < -0.39 is 0 Å². The summed E-state index contributed by atoms with van der Waals surface area (Å²) in [6, 6.07) is 4.61. The van der Waals surface area contributed by atoms with Gasteiger partial charge in [0.2, 0.25) is 0 Å². The molecule has 2 atom stereocenters. The molecule has 1 aliphatic rings. The van der Waals surface area contributed by atoms with Crippen LogP contribution in [0.5, 0.6) is 0 Å². The van der Waals surface area contributed by atoms with Crippen LogP contribution in [-0.4, -0.2) is 55.8 Å². The van der Waals surface area contributed by atoms with Crippen LogP contribution in [0.25, 0.3) is 0 Å². The lowest BCUT2D eigenvalue weighted by Crippen LogP contribution is -2.51. The Balaban J connectivity index is 0.00000364. The number of nitrogens with one attached hydrogen (secondary N) is 2. The first-order valence-electron chi connectivity index (χ1n) is 8.99. The summed E-state index contributed by atoms with van der Waals surface area (Å²) in [4.78, 5) is 6.49. The van der Waals surface area contributed by atoms with Gasteiger partial charge in [0, 0.05) is 42.8 Å². The molecule has 0 radical (unpaired) electrons. The lowest BCUT2D eigenvalue weighted by molar-refractivity contribution is -0.0343. The maximum Gasteiger partial charge on any atom is 0.191 e. The zero-order valence-electron chi connectivity index (χ0n) is 16.7. The molecule has 1 heterocycles. The van der Waals surface area contributed by atoms with Crippen molar-refractivity contribution in [1.29, 1.82) is 0 Å². The Kier molecular flexibility index (Phi) is 9.74. The Bertz CT molecular complexity index is 618. The topological polar surface area (TPSA) is 48.9 Å². The summed E-state index contributed by atoms with van der Waals surface area (Å²) in [5, 5.41) is 7.08. The summed E-state index contributed by atoms with van der Waals surface area (Å²) in [6.45, 7) is 10.8. The molecule has 2 N–H and O–H groups in total. The Morgan fingerprint density at radius 2 is 2.15 bits per heavy atom. The van der Waals surface area contributed by atoms with Crippen molar-refractivity contribution in [3.8, 4) is 0 Å². The minimum Gasteiger partial charge on any atom is -0.376 e. The number of ether oxygens (including phenoxy) is 1. The number of nitrogens with zero attached hydrogens (tertiary/aromatic N) is 2. The van der Waals surface area contributed by atoms with Crippen molar-refractivity contribution in [2.24, 2.45) is 4.99 Å². The van der Waals surface area contributed by atoms with Gasteiger partial charge in [-0.1, -0.05) is 17.7 Å². The summed E-state index contributed by atoms with van der Waals surface area (Å²) in [5.74, 6) is 0.387. The van der Waals surface area contributed by atoms with Crippen molar-refractivity contribution in [1.82, 2.24) is 15.5 Å². The number of halogens is 3. The van der Waals surface area contributed by atoms with Crippen molar-refractivity contribution >= 4 is 41.5 Å². The zero-order chi connectivity index (χ0) is 19.3. The summed E-state index contributed by atoms with van der Waals surface area (Å²) in [7, 11) is 1.73. The molecular formula is C19H31ClFIN4O. The standard InChI is InChI=1S/C19H30ClFN4O.HI/c1-13-12-25(9-10-26-13)16(17-14(20)7-6-8-15(17)21)11-23-18(22-5)24-19(2,3)4;/h6-8,13,16H,9-12H2,1-5H3,(H2,22,23,24);1H. The van der Waals surface area contributed by atoms with Crippen molar-refractivity contribution in [2.75, 3.05) is 33.3 Å². The Morgan fingerprint density at radius 3 is 2.70 bits per heavy atom.